The zero-order chi connectivity index (χ0) is 15.0. The maximum Gasteiger partial charge on any atom is 0.416 e. The molecule has 0 bridgehead atoms. The predicted octanol–water partition coefficient (Wildman–Crippen LogP) is 4.58. The van der Waals surface area contributed by atoms with Crippen molar-refractivity contribution in [3.8, 4) is 0 Å². The highest BCUT2D eigenvalue weighted by Gasteiger charge is 2.38. The Kier molecular flexibility index (Phi) is 3.80. The minimum absolute atomic E-state index is 0.0229. The van der Waals surface area contributed by atoms with Gasteiger partial charge in [-0.15, -0.1) is 0 Å². The molecule has 2 aromatic carbocycles. The lowest BCUT2D eigenvalue weighted by atomic mass is 9.83. The molecule has 0 fully saturated rings. The Morgan fingerprint density at radius 2 is 1.55 bits per heavy atom. The maximum atomic E-state index is 13.1. The Hall–Kier alpha value is -1.52. The van der Waals surface area contributed by atoms with E-state index in [4.69, 9.17) is 17.3 Å². The third kappa shape index (κ3) is 2.81. The van der Waals surface area contributed by atoms with Crippen LogP contribution in [0.3, 0.4) is 0 Å². The summed E-state index contributed by atoms with van der Waals surface area (Å²) < 4.78 is 39.3. The van der Waals surface area contributed by atoms with Gasteiger partial charge >= 0.3 is 6.18 Å². The molecule has 106 valence electrons. The Morgan fingerprint density at radius 1 is 0.950 bits per heavy atom. The molecule has 2 N–H and O–H groups in total. The maximum absolute atomic E-state index is 13.1. The van der Waals surface area contributed by atoms with Gasteiger partial charge in [-0.2, -0.15) is 13.2 Å². The number of hydrogen-bond donors (Lipinski definition) is 1. The summed E-state index contributed by atoms with van der Waals surface area (Å²) >= 11 is 5.89. The van der Waals surface area contributed by atoms with Gasteiger partial charge in [-0.05, 0) is 36.2 Å². The van der Waals surface area contributed by atoms with Crippen LogP contribution in [0.15, 0.2) is 48.5 Å². The summed E-state index contributed by atoms with van der Waals surface area (Å²) in [7, 11) is 0. The first kappa shape index (κ1) is 14.9. The standard InChI is InChI=1S/C15H13ClF3N/c1-14(20,10-5-4-6-11(16)9-10)12-7-2-3-8-13(12)15(17,18)19/h2-9H,20H2,1H3. The number of rotatable bonds is 2. The van der Waals surface area contributed by atoms with Gasteiger partial charge in [-0.1, -0.05) is 41.9 Å². The number of benzene rings is 2. The van der Waals surface area contributed by atoms with Crippen molar-refractivity contribution in [3.05, 3.63) is 70.2 Å². The summed E-state index contributed by atoms with van der Waals surface area (Å²) in [6, 6.07) is 11.9. The van der Waals surface area contributed by atoms with Gasteiger partial charge in [-0.3, -0.25) is 0 Å². The highest BCUT2D eigenvalue weighted by atomic mass is 35.5. The van der Waals surface area contributed by atoms with Crippen LogP contribution in [0.5, 0.6) is 0 Å². The van der Waals surface area contributed by atoms with Gasteiger partial charge in [0.05, 0.1) is 11.1 Å². The number of alkyl halides is 3. The molecule has 0 aliphatic rings. The van der Waals surface area contributed by atoms with E-state index in [1.54, 1.807) is 37.3 Å². The van der Waals surface area contributed by atoms with Crippen molar-refractivity contribution in [1.82, 2.24) is 0 Å². The highest BCUT2D eigenvalue weighted by Crippen LogP contribution is 2.38. The molecule has 0 aromatic heterocycles. The summed E-state index contributed by atoms with van der Waals surface area (Å²) in [5.41, 5.74) is 4.71. The lowest BCUT2D eigenvalue weighted by molar-refractivity contribution is -0.138. The lowest BCUT2D eigenvalue weighted by Gasteiger charge is -2.29. The SMILES string of the molecule is CC(N)(c1cccc(Cl)c1)c1ccccc1C(F)(F)F. The van der Waals surface area contributed by atoms with Crippen LogP contribution in [-0.4, -0.2) is 0 Å². The summed E-state index contributed by atoms with van der Waals surface area (Å²) in [6.45, 7) is 1.54. The highest BCUT2D eigenvalue weighted by molar-refractivity contribution is 6.30. The third-order valence-corrected chi connectivity index (χ3v) is 3.45. The predicted molar refractivity (Wildman–Crippen MR) is 73.5 cm³/mol. The largest absolute Gasteiger partial charge is 0.416 e. The van der Waals surface area contributed by atoms with E-state index in [2.05, 4.69) is 0 Å². The Morgan fingerprint density at radius 3 is 2.10 bits per heavy atom. The van der Waals surface area contributed by atoms with E-state index in [9.17, 15) is 13.2 Å². The summed E-state index contributed by atoms with van der Waals surface area (Å²) in [5.74, 6) is 0. The molecule has 20 heavy (non-hydrogen) atoms. The molecular formula is C15H13ClF3N. The normalized spacial score (nSPS) is 14.9. The van der Waals surface area contributed by atoms with E-state index in [1.807, 2.05) is 0 Å². The van der Waals surface area contributed by atoms with Gasteiger partial charge in [0, 0.05) is 5.02 Å². The van der Waals surface area contributed by atoms with Crippen LogP contribution in [0, 0.1) is 0 Å². The van der Waals surface area contributed by atoms with Gasteiger partial charge in [-0.25, -0.2) is 0 Å². The number of halogens is 4. The summed E-state index contributed by atoms with van der Waals surface area (Å²) in [4.78, 5) is 0. The molecular weight excluding hydrogens is 287 g/mol. The second-order valence-corrected chi connectivity index (χ2v) is 5.19. The monoisotopic (exact) mass is 299 g/mol. The van der Waals surface area contributed by atoms with E-state index in [1.165, 1.54) is 12.1 Å². The van der Waals surface area contributed by atoms with Crippen molar-refractivity contribution in [3.63, 3.8) is 0 Å². The molecule has 0 aliphatic carbocycles. The van der Waals surface area contributed by atoms with E-state index in [-0.39, 0.29) is 5.56 Å². The van der Waals surface area contributed by atoms with E-state index in [0.717, 1.165) is 6.07 Å². The van der Waals surface area contributed by atoms with Gasteiger partial charge in [0.1, 0.15) is 0 Å². The molecule has 0 amide bonds. The first-order chi connectivity index (χ1) is 9.23. The molecule has 1 unspecified atom stereocenters. The molecule has 0 spiro atoms. The first-order valence-electron chi connectivity index (χ1n) is 5.94. The molecule has 0 saturated heterocycles. The van der Waals surface area contributed by atoms with Gasteiger partial charge in [0.2, 0.25) is 0 Å². The van der Waals surface area contributed by atoms with Crippen molar-refractivity contribution in [2.45, 2.75) is 18.6 Å². The first-order valence-corrected chi connectivity index (χ1v) is 6.32. The van der Waals surface area contributed by atoms with Crippen LogP contribution in [0.25, 0.3) is 0 Å². The smallest absolute Gasteiger partial charge is 0.318 e. The lowest BCUT2D eigenvalue weighted by Crippen LogP contribution is -2.36. The van der Waals surface area contributed by atoms with Gasteiger partial charge in [0.25, 0.3) is 0 Å². The van der Waals surface area contributed by atoms with Crippen LogP contribution in [0.4, 0.5) is 13.2 Å². The van der Waals surface area contributed by atoms with Gasteiger partial charge < -0.3 is 5.73 Å². The average Bonchev–Trinajstić information content (AvgIpc) is 2.38. The van der Waals surface area contributed by atoms with Gasteiger partial charge in [0.15, 0.2) is 0 Å². The molecule has 1 nitrogen and oxygen atoms in total. The van der Waals surface area contributed by atoms with Crippen molar-refractivity contribution in [1.29, 1.82) is 0 Å². The molecule has 2 rings (SSSR count). The van der Waals surface area contributed by atoms with E-state index < -0.39 is 17.3 Å². The van der Waals surface area contributed by atoms with Crippen LogP contribution in [0.1, 0.15) is 23.6 Å². The minimum atomic E-state index is -4.45. The fourth-order valence-corrected chi connectivity index (χ4v) is 2.34. The third-order valence-electron chi connectivity index (χ3n) is 3.22. The van der Waals surface area contributed by atoms with Crippen molar-refractivity contribution >= 4 is 11.6 Å². The zero-order valence-corrected chi connectivity index (χ0v) is 11.5. The second-order valence-electron chi connectivity index (χ2n) is 4.76. The zero-order valence-electron chi connectivity index (χ0n) is 10.7. The van der Waals surface area contributed by atoms with Crippen molar-refractivity contribution in [2.75, 3.05) is 0 Å². The molecule has 2 aromatic rings. The topological polar surface area (TPSA) is 26.0 Å². The summed E-state index contributed by atoms with van der Waals surface area (Å²) in [5, 5.41) is 0.434. The number of nitrogens with two attached hydrogens (primary N) is 1. The molecule has 0 aliphatic heterocycles. The van der Waals surface area contributed by atoms with E-state index >= 15 is 0 Å². The minimum Gasteiger partial charge on any atom is -0.318 e. The molecule has 0 heterocycles. The van der Waals surface area contributed by atoms with E-state index in [0.29, 0.717) is 10.6 Å². The summed E-state index contributed by atoms with van der Waals surface area (Å²) in [6.07, 6.45) is -4.45. The van der Waals surface area contributed by atoms with Crippen molar-refractivity contribution < 1.29 is 13.2 Å². The molecule has 0 saturated carbocycles. The Balaban J connectivity index is 2.61. The van der Waals surface area contributed by atoms with Crippen molar-refractivity contribution in [2.24, 2.45) is 5.73 Å². The van der Waals surface area contributed by atoms with Crippen LogP contribution >= 0.6 is 11.6 Å². The van der Waals surface area contributed by atoms with Crippen LogP contribution in [0.2, 0.25) is 5.02 Å². The Bertz CT molecular complexity index is 621. The van der Waals surface area contributed by atoms with Crippen LogP contribution in [-0.2, 0) is 11.7 Å². The van der Waals surface area contributed by atoms with Crippen LogP contribution < -0.4 is 5.73 Å². The Labute approximate surface area is 120 Å². The fraction of sp³-hybridized carbons (Fsp3) is 0.200. The molecule has 1 atom stereocenters. The quantitative estimate of drug-likeness (QED) is 0.863. The molecule has 5 heteroatoms. The average molecular weight is 300 g/mol. The second kappa shape index (κ2) is 5.11. The number of hydrogen-bond acceptors (Lipinski definition) is 1. The molecule has 0 radical (unpaired) electrons. The fourth-order valence-electron chi connectivity index (χ4n) is 2.15.